The van der Waals surface area contributed by atoms with Gasteiger partial charge in [-0.2, -0.15) is 0 Å². The van der Waals surface area contributed by atoms with Crippen molar-refractivity contribution in [3.05, 3.63) is 0 Å². The molecule has 0 aliphatic carbocycles. The van der Waals surface area contributed by atoms with Gasteiger partial charge in [0.25, 0.3) is 0 Å². The van der Waals surface area contributed by atoms with E-state index in [1.807, 2.05) is 0 Å². The lowest BCUT2D eigenvalue weighted by Crippen LogP contribution is -2.23. The smallest absolute Gasteiger partial charge is 0.307 e. The molecule has 0 radical (unpaired) electrons. The van der Waals surface area contributed by atoms with Gasteiger partial charge in [-0.15, -0.1) is 0 Å². The number of carbonyl (C=O) groups excluding carboxylic acids is 1. The van der Waals surface area contributed by atoms with Crippen molar-refractivity contribution in [3.63, 3.8) is 0 Å². The first kappa shape index (κ1) is 22.4. The van der Waals surface area contributed by atoms with Crippen LogP contribution in [0.5, 0.6) is 0 Å². The quantitative estimate of drug-likeness (QED) is 0.200. The van der Waals surface area contributed by atoms with Gasteiger partial charge in [0.2, 0.25) is 0 Å². The lowest BCUT2D eigenvalue weighted by molar-refractivity contribution is -0.148. The third kappa shape index (κ3) is 19.4. The third-order valence-corrected chi connectivity index (χ3v) is 4.30. The Morgan fingerprint density at radius 3 is 1.43 bits per heavy atom. The Morgan fingerprint density at radius 1 is 0.739 bits per heavy atom. The van der Waals surface area contributed by atoms with Gasteiger partial charge in [0.05, 0.1) is 0 Å². The van der Waals surface area contributed by atoms with Gasteiger partial charge in [-0.05, 0) is 13.3 Å². The molecule has 1 atom stereocenters. The normalized spacial score (nSPS) is 12.3. The Balaban J connectivity index is 3.06. The molecular weight excluding hydrogens is 286 g/mol. The Kier molecular flexibility index (Phi) is 17.3. The van der Waals surface area contributed by atoms with Crippen molar-refractivity contribution >= 4 is 5.97 Å². The van der Waals surface area contributed by atoms with Gasteiger partial charge in [0.1, 0.15) is 6.23 Å². The summed E-state index contributed by atoms with van der Waals surface area (Å²) in [4.78, 5) is 11.3. The molecule has 23 heavy (non-hydrogen) atoms. The standard InChI is InChI=1S/C20H41NO2/c1-3-4-5-6-7-8-9-10-11-12-13-14-15-16-17-18-20(22)23-19(2)21/h19H,3-18,21H2,1-2H3. The number of carbonyl (C=O) groups is 1. The first-order chi connectivity index (χ1) is 11.2. The van der Waals surface area contributed by atoms with E-state index in [0.29, 0.717) is 6.42 Å². The van der Waals surface area contributed by atoms with Crippen LogP contribution in [0.25, 0.3) is 0 Å². The molecule has 138 valence electrons. The van der Waals surface area contributed by atoms with Gasteiger partial charge in [-0.3, -0.25) is 10.5 Å². The van der Waals surface area contributed by atoms with Crippen molar-refractivity contribution in [1.29, 1.82) is 0 Å². The summed E-state index contributed by atoms with van der Waals surface area (Å²) < 4.78 is 4.91. The van der Waals surface area contributed by atoms with E-state index in [2.05, 4.69) is 6.92 Å². The third-order valence-electron chi connectivity index (χ3n) is 4.30. The number of hydrogen-bond donors (Lipinski definition) is 1. The molecule has 0 spiro atoms. The van der Waals surface area contributed by atoms with Crippen LogP contribution in [0.2, 0.25) is 0 Å². The number of ether oxygens (including phenoxy) is 1. The second kappa shape index (κ2) is 17.8. The minimum Gasteiger partial charge on any atom is -0.447 e. The number of hydrogen-bond acceptors (Lipinski definition) is 3. The molecule has 3 heteroatoms. The number of rotatable bonds is 17. The van der Waals surface area contributed by atoms with Gasteiger partial charge >= 0.3 is 5.97 Å². The molecule has 0 saturated carbocycles. The average molecular weight is 328 g/mol. The molecule has 0 heterocycles. The summed E-state index contributed by atoms with van der Waals surface area (Å²) >= 11 is 0. The van der Waals surface area contributed by atoms with E-state index >= 15 is 0 Å². The maximum Gasteiger partial charge on any atom is 0.307 e. The van der Waals surface area contributed by atoms with Gasteiger partial charge < -0.3 is 4.74 Å². The lowest BCUT2D eigenvalue weighted by Gasteiger charge is -2.07. The van der Waals surface area contributed by atoms with Crippen molar-refractivity contribution in [2.24, 2.45) is 5.73 Å². The van der Waals surface area contributed by atoms with E-state index in [0.717, 1.165) is 12.8 Å². The van der Waals surface area contributed by atoms with Gasteiger partial charge in [0.15, 0.2) is 0 Å². The summed E-state index contributed by atoms with van der Waals surface area (Å²) in [5, 5.41) is 0. The van der Waals surface area contributed by atoms with Crippen LogP contribution in [-0.2, 0) is 9.53 Å². The summed E-state index contributed by atoms with van der Waals surface area (Å²) in [5.74, 6) is -0.158. The van der Waals surface area contributed by atoms with Crippen LogP contribution in [0.15, 0.2) is 0 Å². The highest BCUT2D eigenvalue weighted by Crippen LogP contribution is 2.13. The fourth-order valence-corrected chi connectivity index (χ4v) is 2.91. The number of esters is 1. The van der Waals surface area contributed by atoms with E-state index < -0.39 is 6.23 Å². The first-order valence-electron chi connectivity index (χ1n) is 10.1. The van der Waals surface area contributed by atoms with Crippen molar-refractivity contribution in [3.8, 4) is 0 Å². The fraction of sp³-hybridized carbons (Fsp3) is 0.950. The van der Waals surface area contributed by atoms with Crippen LogP contribution in [0.4, 0.5) is 0 Å². The van der Waals surface area contributed by atoms with Crippen LogP contribution in [-0.4, -0.2) is 12.2 Å². The monoisotopic (exact) mass is 327 g/mol. The zero-order valence-corrected chi connectivity index (χ0v) is 15.8. The summed E-state index contributed by atoms with van der Waals surface area (Å²) in [6, 6.07) is 0. The minimum absolute atomic E-state index is 0.158. The number of unbranched alkanes of at least 4 members (excludes halogenated alkanes) is 14. The van der Waals surface area contributed by atoms with Crippen LogP contribution in [0.1, 0.15) is 117 Å². The zero-order valence-electron chi connectivity index (χ0n) is 15.8. The molecule has 0 aliphatic heterocycles. The molecule has 0 fully saturated rings. The molecule has 2 N–H and O–H groups in total. The molecule has 3 nitrogen and oxygen atoms in total. The Bertz CT molecular complexity index is 254. The van der Waals surface area contributed by atoms with Gasteiger partial charge in [-0.1, -0.05) is 96.8 Å². The Labute approximate surface area is 144 Å². The van der Waals surface area contributed by atoms with Crippen molar-refractivity contribution in [2.45, 2.75) is 123 Å². The molecule has 0 aromatic heterocycles. The first-order valence-corrected chi connectivity index (χ1v) is 10.1. The van der Waals surface area contributed by atoms with Gasteiger partial charge in [-0.25, -0.2) is 0 Å². The Morgan fingerprint density at radius 2 is 1.09 bits per heavy atom. The largest absolute Gasteiger partial charge is 0.447 e. The summed E-state index contributed by atoms with van der Waals surface area (Å²) in [7, 11) is 0. The van der Waals surface area contributed by atoms with E-state index in [1.165, 1.54) is 83.5 Å². The molecule has 0 rings (SSSR count). The zero-order chi connectivity index (χ0) is 17.2. The van der Waals surface area contributed by atoms with Crippen LogP contribution < -0.4 is 5.73 Å². The van der Waals surface area contributed by atoms with E-state index in [9.17, 15) is 4.79 Å². The van der Waals surface area contributed by atoms with Gasteiger partial charge in [0, 0.05) is 6.42 Å². The summed E-state index contributed by atoms with van der Waals surface area (Å²) in [5.41, 5.74) is 5.41. The molecule has 0 amide bonds. The molecule has 0 bridgehead atoms. The van der Waals surface area contributed by atoms with Crippen LogP contribution in [0, 0.1) is 0 Å². The minimum atomic E-state index is -0.473. The molecule has 0 aliphatic rings. The maximum absolute atomic E-state index is 11.3. The number of nitrogens with two attached hydrogens (primary N) is 1. The Hall–Kier alpha value is -0.570. The van der Waals surface area contributed by atoms with Crippen molar-refractivity contribution in [2.75, 3.05) is 0 Å². The van der Waals surface area contributed by atoms with E-state index in [4.69, 9.17) is 10.5 Å². The molecule has 0 aromatic carbocycles. The highest BCUT2D eigenvalue weighted by molar-refractivity contribution is 5.69. The predicted octanol–water partition coefficient (Wildman–Crippen LogP) is 6.10. The van der Waals surface area contributed by atoms with Crippen LogP contribution >= 0.6 is 0 Å². The van der Waals surface area contributed by atoms with Crippen LogP contribution in [0.3, 0.4) is 0 Å². The van der Waals surface area contributed by atoms with E-state index in [-0.39, 0.29) is 5.97 Å². The molecule has 0 aromatic rings. The summed E-state index contributed by atoms with van der Waals surface area (Å²) in [6.45, 7) is 3.96. The molecular formula is C20H41NO2. The topological polar surface area (TPSA) is 52.3 Å². The molecule has 0 saturated heterocycles. The average Bonchev–Trinajstić information content (AvgIpc) is 2.50. The molecule has 1 unspecified atom stereocenters. The summed E-state index contributed by atoms with van der Waals surface area (Å²) in [6.07, 6.45) is 20.1. The van der Waals surface area contributed by atoms with Crippen molar-refractivity contribution < 1.29 is 9.53 Å². The predicted molar refractivity (Wildman–Crippen MR) is 99.3 cm³/mol. The second-order valence-corrected chi connectivity index (χ2v) is 6.89. The van der Waals surface area contributed by atoms with E-state index in [1.54, 1.807) is 6.92 Å². The maximum atomic E-state index is 11.3. The van der Waals surface area contributed by atoms with Crippen molar-refractivity contribution in [1.82, 2.24) is 0 Å². The second-order valence-electron chi connectivity index (χ2n) is 6.89. The fourth-order valence-electron chi connectivity index (χ4n) is 2.91. The lowest BCUT2D eigenvalue weighted by atomic mass is 10.0. The highest BCUT2D eigenvalue weighted by atomic mass is 16.5. The highest BCUT2D eigenvalue weighted by Gasteiger charge is 2.04. The SMILES string of the molecule is CCCCCCCCCCCCCCCCCC(=O)OC(C)N.